The summed E-state index contributed by atoms with van der Waals surface area (Å²) in [7, 11) is 0. The number of nitrogens with zero attached hydrogens (tertiary/aromatic N) is 2. The maximum absolute atomic E-state index is 13.7. The SMILES string of the molecule is CCOC(=O)N1CCC(CC(N=C(NC(=O)OC2CCCC2)c2ccccc2)C(=O)NC2C(=O)COCC2C)CC1. The zero-order valence-electron chi connectivity index (χ0n) is 24.0. The number of carbonyl (C=O) groups excluding carboxylic acids is 4. The molecule has 3 amide bonds. The maximum atomic E-state index is 13.7. The van der Waals surface area contributed by atoms with E-state index >= 15 is 0 Å². The number of piperidine rings is 1. The van der Waals surface area contributed by atoms with Crippen molar-refractivity contribution < 1.29 is 33.4 Å². The van der Waals surface area contributed by atoms with Gasteiger partial charge in [0.25, 0.3) is 0 Å². The van der Waals surface area contributed by atoms with E-state index in [1.54, 1.807) is 11.8 Å². The molecule has 0 aromatic heterocycles. The van der Waals surface area contributed by atoms with E-state index in [1.165, 1.54) is 0 Å². The van der Waals surface area contributed by atoms with Crippen molar-refractivity contribution in [2.45, 2.75) is 77.0 Å². The molecule has 11 nitrogen and oxygen atoms in total. The van der Waals surface area contributed by atoms with Crippen molar-refractivity contribution in [3.05, 3.63) is 35.9 Å². The van der Waals surface area contributed by atoms with Crippen LogP contribution in [0.5, 0.6) is 0 Å². The Hall–Kier alpha value is -3.47. The molecule has 0 bridgehead atoms. The number of Topliss-reactive ketones (excluding diaryl/α,β-unsaturated/α-hetero) is 1. The smallest absolute Gasteiger partial charge is 0.413 e. The minimum absolute atomic E-state index is 0.0423. The molecule has 2 N–H and O–H groups in total. The van der Waals surface area contributed by atoms with Gasteiger partial charge in [0.15, 0.2) is 5.78 Å². The summed E-state index contributed by atoms with van der Waals surface area (Å²) in [4.78, 5) is 57.8. The van der Waals surface area contributed by atoms with Gasteiger partial charge in [-0.25, -0.2) is 9.59 Å². The predicted octanol–water partition coefficient (Wildman–Crippen LogP) is 3.45. The van der Waals surface area contributed by atoms with Crippen LogP contribution in [0.2, 0.25) is 0 Å². The van der Waals surface area contributed by atoms with Crippen LogP contribution in [0.25, 0.3) is 0 Å². The number of ether oxygens (including phenoxy) is 3. The van der Waals surface area contributed by atoms with Gasteiger partial charge in [0.05, 0.1) is 19.3 Å². The van der Waals surface area contributed by atoms with E-state index in [-0.39, 0.29) is 48.2 Å². The molecule has 1 saturated carbocycles. The van der Waals surface area contributed by atoms with Gasteiger partial charge in [-0.2, -0.15) is 0 Å². The first kappa shape index (κ1) is 30.5. The Morgan fingerprint density at radius 2 is 1.80 bits per heavy atom. The van der Waals surface area contributed by atoms with Crippen LogP contribution in [0, 0.1) is 11.8 Å². The van der Waals surface area contributed by atoms with Crippen LogP contribution in [-0.4, -0.2) is 85.7 Å². The summed E-state index contributed by atoms with van der Waals surface area (Å²) in [6.45, 7) is 5.33. The Balaban J connectivity index is 1.55. The highest BCUT2D eigenvalue weighted by molar-refractivity contribution is 6.07. The van der Waals surface area contributed by atoms with E-state index in [0.29, 0.717) is 51.1 Å². The molecule has 2 heterocycles. The summed E-state index contributed by atoms with van der Waals surface area (Å²) in [6, 6.07) is 7.60. The molecule has 3 atom stereocenters. The fraction of sp³-hybridized carbons (Fsp3) is 0.633. The average molecular weight is 571 g/mol. The van der Waals surface area contributed by atoms with Crippen molar-refractivity contribution in [3.63, 3.8) is 0 Å². The molecule has 0 spiro atoms. The number of likely N-dealkylation sites (tertiary alicyclic amines) is 1. The molecular formula is C30H42N4O7. The van der Waals surface area contributed by atoms with Crippen molar-refractivity contribution in [2.24, 2.45) is 16.8 Å². The fourth-order valence-corrected chi connectivity index (χ4v) is 5.64. The number of aliphatic imine (C=N–C) groups is 1. The van der Waals surface area contributed by atoms with Crippen LogP contribution in [0.4, 0.5) is 9.59 Å². The summed E-state index contributed by atoms with van der Waals surface area (Å²) in [5.41, 5.74) is 0.640. The van der Waals surface area contributed by atoms with Crippen LogP contribution in [0.1, 0.15) is 64.4 Å². The lowest BCUT2D eigenvalue weighted by Crippen LogP contribution is -2.53. The van der Waals surface area contributed by atoms with Gasteiger partial charge < -0.3 is 24.4 Å². The van der Waals surface area contributed by atoms with Crippen LogP contribution in [0.3, 0.4) is 0 Å². The number of amidine groups is 1. The third-order valence-electron chi connectivity index (χ3n) is 7.97. The van der Waals surface area contributed by atoms with Gasteiger partial charge in [-0.15, -0.1) is 0 Å². The molecular weight excluding hydrogens is 528 g/mol. The Bertz CT molecular complexity index is 1080. The third-order valence-corrected chi connectivity index (χ3v) is 7.97. The number of ketones is 1. The van der Waals surface area contributed by atoms with Gasteiger partial charge in [0, 0.05) is 24.6 Å². The quantitative estimate of drug-likeness (QED) is 0.361. The summed E-state index contributed by atoms with van der Waals surface area (Å²) < 4.78 is 16.1. The van der Waals surface area contributed by atoms with Crippen molar-refractivity contribution in [2.75, 3.05) is 32.9 Å². The van der Waals surface area contributed by atoms with Crippen molar-refractivity contribution in [3.8, 4) is 0 Å². The number of hydrogen-bond donors (Lipinski definition) is 2. The van der Waals surface area contributed by atoms with Gasteiger partial charge >= 0.3 is 12.2 Å². The molecule has 3 unspecified atom stereocenters. The molecule has 0 radical (unpaired) electrons. The molecule has 3 fully saturated rings. The van der Waals surface area contributed by atoms with Crippen molar-refractivity contribution in [1.29, 1.82) is 0 Å². The Kier molecular flexibility index (Phi) is 11.1. The second kappa shape index (κ2) is 15.0. The number of amides is 3. The third kappa shape index (κ3) is 8.76. The Morgan fingerprint density at radius 3 is 2.46 bits per heavy atom. The van der Waals surface area contributed by atoms with Crippen LogP contribution in [-0.2, 0) is 23.8 Å². The maximum Gasteiger partial charge on any atom is 0.413 e. The molecule has 41 heavy (non-hydrogen) atoms. The highest BCUT2D eigenvalue weighted by Gasteiger charge is 2.35. The highest BCUT2D eigenvalue weighted by atomic mass is 16.6. The molecule has 11 heteroatoms. The normalized spacial score (nSPS) is 23.1. The van der Waals surface area contributed by atoms with Crippen molar-refractivity contribution in [1.82, 2.24) is 15.5 Å². The van der Waals surface area contributed by atoms with E-state index in [1.807, 2.05) is 37.3 Å². The minimum Gasteiger partial charge on any atom is -0.450 e. The molecule has 1 aromatic carbocycles. The van der Waals surface area contributed by atoms with Crippen molar-refractivity contribution >= 4 is 29.7 Å². The molecule has 2 aliphatic heterocycles. The average Bonchev–Trinajstić information content (AvgIpc) is 3.48. The Morgan fingerprint density at radius 1 is 1.10 bits per heavy atom. The number of alkyl carbamates (subject to hydrolysis) is 1. The standard InChI is InChI=1S/C30H42N4O7/c1-3-40-30(38)34-15-13-21(14-16-34)17-24(28(36)32-26-20(2)18-39-19-25(26)35)31-27(22-9-5-4-6-10-22)33-29(37)41-23-11-7-8-12-23/h4-6,9-10,20-21,23-24,26H,3,7-8,11-19H2,1-2H3,(H,32,36)(H,31,33,37). The Labute approximate surface area is 241 Å². The first-order chi connectivity index (χ1) is 19.8. The lowest BCUT2D eigenvalue weighted by Gasteiger charge is -2.33. The van der Waals surface area contributed by atoms with Crippen LogP contribution < -0.4 is 10.6 Å². The zero-order chi connectivity index (χ0) is 29.2. The van der Waals surface area contributed by atoms with E-state index in [2.05, 4.69) is 10.6 Å². The molecule has 3 aliphatic rings. The molecule has 224 valence electrons. The van der Waals surface area contributed by atoms with Gasteiger partial charge in [0.2, 0.25) is 5.91 Å². The topological polar surface area (TPSA) is 136 Å². The van der Waals surface area contributed by atoms with Gasteiger partial charge in [0.1, 0.15) is 24.6 Å². The number of carbonyl (C=O) groups is 4. The first-order valence-electron chi connectivity index (χ1n) is 14.8. The summed E-state index contributed by atoms with van der Waals surface area (Å²) >= 11 is 0. The van der Waals surface area contributed by atoms with Gasteiger partial charge in [-0.3, -0.25) is 19.9 Å². The lowest BCUT2D eigenvalue weighted by molar-refractivity contribution is -0.137. The number of nitrogens with one attached hydrogen (secondary N) is 2. The number of rotatable bonds is 8. The summed E-state index contributed by atoms with van der Waals surface area (Å²) in [6.07, 6.45) is 4.41. The predicted molar refractivity (Wildman–Crippen MR) is 151 cm³/mol. The van der Waals surface area contributed by atoms with E-state index in [9.17, 15) is 19.2 Å². The zero-order valence-corrected chi connectivity index (χ0v) is 24.0. The van der Waals surface area contributed by atoms with E-state index in [0.717, 1.165) is 25.7 Å². The molecule has 1 aromatic rings. The number of hydrogen-bond acceptors (Lipinski definition) is 8. The fourth-order valence-electron chi connectivity index (χ4n) is 5.64. The monoisotopic (exact) mass is 570 g/mol. The highest BCUT2D eigenvalue weighted by Crippen LogP contribution is 2.25. The second-order valence-corrected chi connectivity index (χ2v) is 11.1. The van der Waals surface area contributed by atoms with Crippen LogP contribution >= 0.6 is 0 Å². The van der Waals surface area contributed by atoms with Gasteiger partial charge in [-0.05, 0) is 57.8 Å². The lowest BCUT2D eigenvalue weighted by atomic mass is 9.89. The van der Waals surface area contributed by atoms with E-state index in [4.69, 9.17) is 19.2 Å². The minimum atomic E-state index is -0.876. The molecule has 1 aliphatic carbocycles. The van der Waals surface area contributed by atoms with Gasteiger partial charge in [-0.1, -0.05) is 37.3 Å². The summed E-state index contributed by atoms with van der Waals surface area (Å²) in [5, 5.41) is 5.71. The largest absolute Gasteiger partial charge is 0.450 e. The molecule has 4 rings (SSSR count). The molecule has 2 saturated heterocycles. The first-order valence-corrected chi connectivity index (χ1v) is 14.8. The van der Waals surface area contributed by atoms with Crippen LogP contribution in [0.15, 0.2) is 35.3 Å². The summed E-state index contributed by atoms with van der Waals surface area (Å²) in [5.74, 6) is -0.395. The second-order valence-electron chi connectivity index (χ2n) is 11.1. The number of benzene rings is 1. The van der Waals surface area contributed by atoms with E-state index < -0.39 is 18.2 Å².